The maximum absolute atomic E-state index is 11.9. The number of allylic oxidation sites excluding steroid dienone is 1. The van der Waals surface area contributed by atoms with Gasteiger partial charge in [-0.3, -0.25) is 0 Å². The lowest BCUT2D eigenvalue weighted by Gasteiger charge is -2.62. The van der Waals surface area contributed by atoms with E-state index in [-0.39, 0.29) is 29.3 Å². The first-order chi connectivity index (χ1) is 13.3. The van der Waals surface area contributed by atoms with E-state index in [9.17, 15) is 15.3 Å². The second-order valence-corrected chi connectivity index (χ2v) is 11.7. The highest BCUT2D eigenvalue weighted by molar-refractivity contribution is 5.54. The summed E-state index contributed by atoms with van der Waals surface area (Å²) in [6.07, 6.45) is 7.49. The lowest BCUT2D eigenvalue weighted by molar-refractivity contribution is -0.185. The van der Waals surface area contributed by atoms with Gasteiger partial charge in [0.15, 0.2) is 0 Å². The third-order valence-corrected chi connectivity index (χ3v) is 11.1. The van der Waals surface area contributed by atoms with Gasteiger partial charge in [0.25, 0.3) is 0 Å². The Morgan fingerprint density at radius 1 is 1.18 bits per heavy atom. The SMILES string of the molecule is CC1=C2[C@H]1C1C(CC[C@]34O[C@@]3(CCCO)[C@H]3CC3C14)[C@@]1(C)CC[C@H](O)C[C@@]21O. The topological polar surface area (TPSA) is 73.2 Å². The number of aliphatic hydroxyl groups is 3. The minimum atomic E-state index is -0.787. The van der Waals surface area contributed by atoms with Gasteiger partial charge >= 0.3 is 0 Å². The van der Waals surface area contributed by atoms with Gasteiger partial charge in [0.2, 0.25) is 0 Å². The monoisotopic (exact) mass is 386 g/mol. The summed E-state index contributed by atoms with van der Waals surface area (Å²) in [5, 5.41) is 31.7. The summed E-state index contributed by atoms with van der Waals surface area (Å²) in [5.74, 6) is 3.85. The molecule has 7 rings (SSSR count). The third kappa shape index (κ3) is 1.56. The van der Waals surface area contributed by atoms with Crippen LogP contribution in [0.2, 0.25) is 0 Å². The predicted molar refractivity (Wildman–Crippen MR) is 103 cm³/mol. The number of rotatable bonds is 3. The van der Waals surface area contributed by atoms with Gasteiger partial charge in [-0.2, -0.15) is 0 Å². The molecule has 11 atom stereocenters. The number of hydrogen-bond acceptors (Lipinski definition) is 4. The Morgan fingerprint density at radius 2 is 2.00 bits per heavy atom. The number of ether oxygens (including phenoxy) is 1. The molecule has 1 aliphatic heterocycles. The summed E-state index contributed by atoms with van der Waals surface area (Å²) < 4.78 is 6.72. The zero-order valence-corrected chi connectivity index (χ0v) is 17.2. The normalized spacial score (nSPS) is 64.8. The van der Waals surface area contributed by atoms with Gasteiger partial charge in [0.1, 0.15) is 11.2 Å². The van der Waals surface area contributed by atoms with E-state index >= 15 is 0 Å². The van der Waals surface area contributed by atoms with Crippen molar-refractivity contribution in [3.8, 4) is 0 Å². The third-order valence-electron chi connectivity index (χ3n) is 11.1. The summed E-state index contributed by atoms with van der Waals surface area (Å²) >= 11 is 0. The van der Waals surface area contributed by atoms with Crippen LogP contribution in [0.3, 0.4) is 0 Å². The number of epoxide rings is 1. The zero-order valence-electron chi connectivity index (χ0n) is 17.2. The minimum Gasteiger partial charge on any atom is -0.396 e. The molecule has 0 aromatic heterocycles. The van der Waals surface area contributed by atoms with Crippen LogP contribution in [0.1, 0.15) is 65.2 Å². The Bertz CT molecular complexity index is 806. The fourth-order valence-electron chi connectivity index (χ4n) is 10.0. The fourth-order valence-corrected chi connectivity index (χ4v) is 10.0. The van der Waals surface area contributed by atoms with Crippen LogP contribution in [0.4, 0.5) is 0 Å². The van der Waals surface area contributed by atoms with Crippen molar-refractivity contribution >= 4 is 0 Å². The summed E-state index contributed by atoms with van der Waals surface area (Å²) in [7, 11) is 0. The first kappa shape index (κ1) is 17.3. The second-order valence-electron chi connectivity index (χ2n) is 11.7. The molecule has 1 heterocycles. The molecule has 1 spiro atoms. The lowest BCUT2D eigenvalue weighted by atomic mass is 9.44. The standard InChI is InChI=1S/C24H34O4/c1-12-17-18-15(21(2)7-4-13(26)11-22(21,27)19(12)17)5-8-24-20(18)14-10-16(14)23(24,28-24)6-3-9-25/h13-18,20,25-27H,3-11H2,1-2H3/t13-,14?,15?,16-,17+,18?,20?,21+,22+,23-,24+/m0/s1. The molecule has 0 radical (unpaired) electrons. The molecule has 1 saturated heterocycles. The van der Waals surface area contributed by atoms with Crippen molar-refractivity contribution < 1.29 is 20.1 Å². The van der Waals surface area contributed by atoms with Gasteiger partial charge in [-0.25, -0.2) is 0 Å². The number of aliphatic hydroxyl groups excluding tert-OH is 2. The molecule has 0 aromatic carbocycles. The van der Waals surface area contributed by atoms with E-state index in [2.05, 4.69) is 13.8 Å². The van der Waals surface area contributed by atoms with E-state index in [0.29, 0.717) is 30.1 Å². The van der Waals surface area contributed by atoms with E-state index in [1.165, 1.54) is 17.6 Å². The molecule has 6 aliphatic carbocycles. The van der Waals surface area contributed by atoms with E-state index < -0.39 is 5.60 Å². The van der Waals surface area contributed by atoms with Crippen molar-refractivity contribution in [1.82, 2.24) is 0 Å². The molecule has 3 N–H and O–H groups in total. The van der Waals surface area contributed by atoms with E-state index in [1.807, 2.05) is 0 Å². The largest absolute Gasteiger partial charge is 0.396 e. The summed E-state index contributed by atoms with van der Waals surface area (Å²) in [6.45, 7) is 4.86. The van der Waals surface area contributed by atoms with E-state index in [0.717, 1.165) is 50.4 Å². The fraction of sp³-hybridized carbons (Fsp3) is 0.917. The molecule has 0 aromatic rings. The molecule has 4 heteroatoms. The van der Waals surface area contributed by atoms with Gasteiger partial charge in [0, 0.05) is 24.4 Å². The zero-order chi connectivity index (χ0) is 19.3. The highest BCUT2D eigenvalue weighted by Crippen LogP contribution is 2.86. The first-order valence-corrected chi connectivity index (χ1v) is 11.8. The Labute approximate surface area is 167 Å². The Kier molecular flexibility index (Phi) is 2.92. The predicted octanol–water partition coefficient (Wildman–Crippen LogP) is 2.80. The van der Waals surface area contributed by atoms with Crippen LogP contribution in [0.25, 0.3) is 0 Å². The molecule has 154 valence electrons. The van der Waals surface area contributed by atoms with Crippen molar-refractivity contribution in [3.63, 3.8) is 0 Å². The quantitative estimate of drug-likeness (QED) is 0.515. The van der Waals surface area contributed by atoms with Crippen LogP contribution in [0, 0.1) is 40.9 Å². The van der Waals surface area contributed by atoms with Gasteiger partial charge < -0.3 is 20.1 Å². The Morgan fingerprint density at radius 3 is 2.79 bits per heavy atom. The average Bonchev–Trinajstić information content (AvgIpc) is 3.57. The first-order valence-electron chi connectivity index (χ1n) is 11.8. The van der Waals surface area contributed by atoms with Gasteiger partial charge in [-0.05, 0) is 87.0 Å². The van der Waals surface area contributed by atoms with Crippen LogP contribution in [0.5, 0.6) is 0 Å². The van der Waals surface area contributed by atoms with Crippen LogP contribution < -0.4 is 0 Å². The Hall–Kier alpha value is -0.420. The molecule has 6 fully saturated rings. The van der Waals surface area contributed by atoms with Crippen molar-refractivity contribution in [2.45, 2.75) is 88.1 Å². The maximum Gasteiger partial charge on any atom is 0.102 e. The molecule has 4 unspecified atom stereocenters. The van der Waals surface area contributed by atoms with Gasteiger partial charge in [-0.1, -0.05) is 12.5 Å². The second kappa shape index (κ2) is 4.74. The highest BCUT2D eigenvalue weighted by atomic mass is 16.6. The summed E-state index contributed by atoms with van der Waals surface area (Å²) in [4.78, 5) is 0. The number of hydrogen-bond donors (Lipinski definition) is 3. The van der Waals surface area contributed by atoms with Crippen molar-refractivity contribution in [2.75, 3.05) is 6.61 Å². The van der Waals surface area contributed by atoms with Gasteiger partial charge in [0.05, 0.1) is 11.7 Å². The van der Waals surface area contributed by atoms with E-state index in [1.54, 1.807) is 0 Å². The molecular formula is C24H34O4. The minimum absolute atomic E-state index is 0.0798. The molecule has 0 bridgehead atoms. The van der Waals surface area contributed by atoms with Crippen LogP contribution >= 0.6 is 0 Å². The maximum atomic E-state index is 11.9. The molecule has 0 amide bonds. The molecule has 4 nitrogen and oxygen atoms in total. The molecule has 5 saturated carbocycles. The van der Waals surface area contributed by atoms with Crippen molar-refractivity contribution in [1.29, 1.82) is 0 Å². The smallest absolute Gasteiger partial charge is 0.102 e. The summed E-state index contributed by atoms with van der Waals surface area (Å²) in [5.41, 5.74) is 2.01. The highest BCUT2D eigenvalue weighted by Gasteiger charge is 2.90. The Balaban J connectivity index is 1.30. The van der Waals surface area contributed by atoms with Crippen LogP contribution in [-0.4, -0.2) is 44.8 Å². The molecular weight excluding hydrogens is 352 g/mol. The van der Waals surface area contributed by atoms with Gasteiger partial charge in [-0.15, -0.1) is 0 Å². The van der Waals surface area contributed by atoms with Crippen molar-refractivity contribution in [2.24, 2.45) is 40.9 Å². The summed E-state index contributed by atoms with van der Waals surface area (Å²) in [6, 6.07) is 0. The molecule has 7 aliphatic rings. The number of fused-ring (bicyclic) bond motifs is 10. The van der Waals surface area contributed by atoms with Crippen LogP contribution in [-0.2, 0) is 4.74 Å². The van der Waals surface area contributed by atoms with Crippen molar-refractivity contribution in [3.05, 3.63) is 11.1 Å². The lowest BCUT2D eigenvalue weighted by Crippen LogP contribution is -2.63. The van der Waals surface area contributed by atoms with Crippen LogP contribution in [0.15, 0.2) is 11.1 Å². The van der Waals surface area contributed by atoms with E-state index in [4.69, 9.17) is 4.74 Å². The average molecular weight is 387 g/mol. The molecule has 28 heavy (non-hydrogen) atoms.